The average molecular weight is 395 g/mol. The van der Waals surface area contributed by atoms with Crippen LogP contribution in [0.1, 0.15) is 11.6 Å². The van der Waals surface area contributed by atoms with Crippen molar-refractivity contribution in [3.63, 3.8) is 0 Å². The normalized spacial score (nSPS) is 15.2. The lowest BCUT2D eigenvalue weighted by atomic mass is 10.2. The Morgan fingerprint density at radius 3 is 2.79 bits per heavy atom. The molecule has 11 heteroatoms. The zero-order valence-corrected chi connectivity index (χ0v) is 15.1. The summed E-state index contributed by atoms with van der Waals surface area (Å²) < 4.78 is 0. The first kappa shape index (κ1) is 17.8. The van der Waals surface area contributed by atoms with Crippen molar-refractivity contribution in [1.82, 2.24) is 30.2 Å². The topological polar surface area (TPSA) is 143 Å². The van der Waals surface area contributed by atoms with Gasteiger partial charge in [-0.05, 0) is 23.9 Å². The van der Waals surface area contributed by atoms with E-state index in [9.17, 15) is 14.4 Å². The van der Waals surface area contributed by atoms with Gasteiger partial charge in [-0.1, -0.05) is 12.1 Å². The number of H-pyrrole nitrogens is 1. The Balaban J connectivity index is 1.43. The van der Waals surface area contributed by atoms with Crippen LogP contribution in [0, 0.1) is 0 Å². The number of anilines is 1. The number of rotatable bonds is 5. The Hall–Kier alpha value is -3.60. The van der Waals surface area contributed by atoms with Crippen molar-refractivity contribution < 1.29 is 9.59 Å². The molecule has 1 fully saturated rings. The van der Waals surface area contributed by atoms with E-state index in [4.69, 9.17) is 0 Å². The van der Waals surface area contributed by atoms with Gasteiger partial charge < -0.3 is 10.3 Å². The van der Waals surface area contributed by atoms with Gasteiger partial charge in [0.2, 0.25) is 5.95 Å². The van der Waals surface area contributed by atoms with Crippen LogP contribution in [-0.2, 0) is 11.2 Å². The highest BCUT2D eigenvalue weighted by Gasteiger charge is 2.25. The SMILES string of the molecule is O=C1NC(=O)/C(=C/c2ncnc(NCCc3nc4ccccc4c(=O)[nH]3)n2)S1. The molecule has 1 aliphatic heterocycles. The van der Waals surface area contributed by atoms with Crippen LogP contribution < -0.4 is 16.2 Å². The van der Waals surface area contributed by atoms with Crippen LogP contribution in [0.25, 0.3) is 17.0 Å². The predicted molar refractivity (Wildman–Crippen MR) is 103 cm³/mol. The maximum atomic E-state index is 12.1. The summed E-state index contributed by atoms with van der Waals surface area (Å²) in [5, 5.41) is 5.30. The molecule has 0 radical (unpaired) electrons. The largest absolute Gasteiger partial charge is 0.354 e. The lowest BCUT2D eigenvalue weighted by molar-refractivity contribution is -0.115. The van der Waals surface area contributed by atoms with Crippen LogP contribution >= 0.6 is 11.8 Å². The van der Waals surface area contributed by atoms with Crippen molar-refractivity contribution in [3.8, 4) is 0 Å². The minimum atomic E-state index is -0.476. The molecule has 3 heterocycles. The lowest BCUT2D eigenvalue weighted by Crippen LogP contribution is -2.18. The van der Waals surface area contributed by atoms with E-state index in [1.165, 1.54) is 12.4 Å². The van der Waals surface area contributed by atoms with E-state index in [2.05, 4.69) is 35.6 Å². The first-order valence-electron chi connectivity index (χ1n) is 8.24. The number of aromatic nitrogens is 5. The Morgan fingerprint density at radius 1 is 1.11 bits per heavy atom. The highest BCUT2D eigenvalue weighted by atomic mass is 32.2. The van der Waals surface area contributed by atoms with Gasteiger partial charge in [0.05, 0.1) is 15.8 Å². The summed E-state index contributed by atoms with van der Waals surface area (Å²) in [7, 11) is 0. The number of amides is 2. The highest BCUT2D eigenvalue weighted by molar-refractivity contribution is 8.18. The number of thioether (sulfide) groups is 1. The summed E-state index contributed by atoms with van der Waals surface area (Å²) in [6.07, 6.45) is 3.17. The van der Waals surface area contributed by atoms with Crippen LogP contribution in [0.4, 0.5) is 10.7 Å². The summed E-state index contributed by atoms with van der Waals surface area (Å²) in [6.45, 7) is 0.426. The second-order valence-corrected chi connectivity index (χ2v) is 6.74. The number of benzene rings is 1. The second-order valence-electron chi connectivity index (χ2n) is 5.73. The van der Waals surface area contributed by atoms with E-state index >= 15 is 0 Å². The Kier molecular flexibility index (Phi) is 4.81. The number of nitrogens with one attached hydrogen (secondary N) is 3. The van der Waals surface area contributed by atoms with E-state index in [-0.39, 0.29) is 16.3 Å². The van der Waals surface area contributed by atoms with Crippen molar-refractivity contribution in [1.29, 1.82) is 0 Å². The maximum absolute atomic E-state index is 12.1. The number of aromatic amines is 1. The second kappa shape index (κ2) is 7.56. The summed E-state index contributed by atoms with van der Waals surface area (Å²) in [5.74, 6) is 0.628. The zero-order valence-electron chi connectivity index (χ0n) is 14.3. The minimum absolute atomic E-state index is 0.184. The number of para-hydroxylation sites is 1. The number of hydrogen-bond donors (Lipinski definition) is 3. The Morgan fingerprint density at radius 2 is 1.96 bits per heavy atom. The van der Waals surface area contributed by atoms with Crippen molar-refractivity contribution in [2.45, 2.75) is 6.42 Å². The molecule has 140 valence electrons. The van der Waals surface area contributed by atoms with E-state index in [0.717, 1.165) is 11.8 Å². The smallest absolute Gasteiger partial charge is 0.290 e. The molecule has 0 atom stereocenters. The van der Waals surface area contributed by atoms with Gasteiger partial charge in [0.25, 0.3) is 16.7 Å². The Labute approximate surface area is 161 Å². The molecule has 1 saturated heterocycles. The number of nitrogens with zero attached hydrogens (tertiary/aromatic N) is 4. The van der Waals surface area contributed by atoms with Crippen LogP contribution in [0.15, 0.2) is 40.3 Å². The third-order valence-electron chi connectivity index (χ3n) is 3.80. The first-order chi connectivity index (χ1) is 13.6. The summed E-state index contributed by atoms with van der Waals surface area (Å²) >= 11 is 0.790. The fraction of sp³-hybridized carbons (Fsp3) is 0.118. The monoisotopic (exact) mass is 395 g/mol. The first-order valence-corrected chi connectivity index (χ1v) is 9.06. The molecule has 3 N–H and O–H groups in total. The van der Waals surface area contributed by atoms with E-state index < -0.39 is 11.1 Å². The quantitative estimate of drug-likeness (QED) is 0.541. The van der Waals surface area contributed by atoms with Gasteiger partial charge in [0.15, 0.2) is 5.82 Å². The molecule has 0 unspecified atom stereocenters. The van der Waals surface area contributed by atoms with E-state index in [0.29, 0.717) is 35.6 Å². The predicted octanol–water partition coefficient (Wildman–Crippen LogP) is 1.09. The van der Waals surface area contributed by atoms with Crippen LogP contribution in [0.5, 0.6) is 0 Å². The van der Waals surface area contributed by atoms with Gasteiger partial charge in [0.1, 0.15) is 12.2 Å². The number of carbonyl (C=O) groups is 2. The fourth-order valence-electron chi connectivity index (χ4n) is 2.55. The minimum Gasteiger partial charge on any atom is -0.354 e. The molecule has 10 nitrogen and oxygen atoms in total. The van der Waals surface area contributed by atoms with Crippen LogP contribution in [-0.4, -0.2) is 42.6 Å². The lowest BCUT2D eigenvalue weighted by Gasteiger charge is -2.05. The van der Waals surface area contributed by atoms with Crippen LogP contribution in [0.3, 0.4) is 0 Å². The van der Waals surface area contributed by atoms with Crippen molar-refractivity contribution in [3.05, 3.63) is 57.5 Å². The standard InChI is InChI=1S/C17H13N7O3S/c25-14-9-3-1-2-4-10(9)21-12(22-14)5-6-18-16-20-8-19-13(23-16)7-11-15(26)24-17(27)28-11/h1-4,7-8H,5-6H2,(H,21,22,25)(H,24,26,27)(H,18,19,20,23)/b11-7-. The highest BCUT2D eigenvalue weighted by Crippen LogP contribution is 2.24. The van der Waals surface area contributed by atoms with Gasteiger partial charge in [-0.25, -0.2) is 15.0 Å². The molecular weight excluding hydrogens is 382 g/mol. The molecule has 0 saturated carbocycles. The van der Waals surface area contributed by atoms with Crippen molar-refractivity contribution in [2.24, 2.45) is 0 Å². The van der Waals surface area contributed by atoms with Crippen LogP contribution in [0.2, 0.25) is 0 Å². The molecular formula is C17H13N7O3S. The molecule has 1 aromatic carbocycles. The third-order valence-corrected chi connectivity index (χ3v) is 4.61. The molecule has 0 aliphatic carbocycles. The fourth-order valence-corrected chi connectivity index (χ4v) is 3.20. The summed E-state index contributed by atoms with van der Waals surface area (Å²) in [6, 6.07) is 7.13. The molecule has 0 bridgehead atoms. The van der Waals surface area contributed by atoms with E-state index in [1.54, 1.807) is 18.2 Å². The van der Waals surface area contributed by atoms with Gasteiger partial charge in [0, 0.05) is 19.0 Å². The summed E-state index contributed by atoms with van der Waals surface area (Å²) in [5.41, 5.74) is 0.453. The molecule has 3 aromatic rings. The van der Waals surface area contributed by atoms with Gasteiger partial charge >= 0.3 is 0 Å². The molecule has 0 spiro atoms. The maximum Gasteiger partial charge on any atom is 0.290 e. The van der Waals surface area contributed by atoms with Crippen molar-refractivity contribution in [2.75, 3.05) is 11.9 Å². The molecule has 4 rings (SSSR count). The third kappa shape index (κ3) is 3.88. The Bertz CT molecular complexity index is 1170. The van der Waals surface area contributed by atoms with Gasteiger partial charge in [-0.15, -0.1) is 0 Å². The average Bonchev–Trinajstić information content (AvgIpc) is 2.99. The molecule has 2 aromatic heterocycles. The number of hydrogen-bond acceptors (Lipinski definition) is 9. The van der Waals surface area contributed by atoms with Crippen molar-refractivity contribution >= 4 is 45.8 Å². The molecule has 1 aliphatic rings. The molecule has 28 heavy (non-hydrogen) atoms. The number of imide groups is 1. The zero-order chi connectivity index (χ0) is 19.5. The summed E-state index contributed by atoms with van der Waals surface area (Å²) in [4.78, 5) is 54.4. The number of fused-ring (bicyclic) bond motifs is 1. The van der Waals surface area contributed by atoms with Gasteiger partial charge in [-0.3, -0.25) is 19.7 Å². The number of carbonyl (C=O) groups excluding carboxylic acids is 2. The molecule has 2 amide bonds. The van der Waals surface area contributed by atoms with E-state index in [1.807, 2.05) is 6.07 Å². The van der Waals surface area contributed by atoms with Gasteiger partial charge in [-0.2, -0.15) is 4.98 Å².